The summed E-state index contributed by atoms with van der Waals surface area (Å²) in [4.78, 5) is 16.7. The number of alkyl halides is 2. The van der Waals surface area contributed by atoms with E-state index in [9.17, 15) is 13.6 Å². The molecule has 0 N–H and O–H groups in total. The van der Waals surface area contributed by atoms with Crippen molar-refractivity contribution in [1.82, 2.24) is 9.88 Å². The van der Waals surface area contributed by atoms with Gasteiger partial charge in [0, 0.05) is 18.8 Å². The van der Waals surface area contributed by atoms with Gasteiger partial charge < -0.3 is 9.64 Å². The molecule has 114 valence electrons. The van der Waals surface area contributed by atoms with Crippen LogP contribution < -0.4 is 0 Å². The van der Waals surface area contributed by atoms with Crippen LogP contribution in [0.5, 0.6) is 0 Å². The molecule has 0 amide bonds. The Kier molecular flexibility index (Phi) is 5.12. The lowest BCUT2D eigenvalue weighted by molar-refractivity contribution is -0.139. The molecule has 2 heterocycles. The molecule has 0 bridgehead atoms. The van der Waals surface area contributed by atoms with Crippen LogP contribution in [-0.2, 0) is 16.1 Å². The number of cyclic esters (lactones) is 1. The molecule has 0 saturated heterocycles. The first kappa shape index (κ1) is 15.7. The van der Waals surface area contributed by atoms with Gasteiger partial charge in [0.1, 0.15) is 11.3 Å². The van der Waals surface area contributed by atoms with Crippen LogP contribution in [0.25, 0.3) is 0 Å². The van der Waals surface area contributed by atoms with Crippen molar-refractivity contribution in [1.29, 1.82) is 0 Å². The minimum atomic E-state index is -2.51. The highest BCUT2D eigenvalue weighted by atomic mass is 35.5. The molecular weight excluding hydrogens is 302 g/mol. The Morgan fingerprint density at radius 3 is 2.81 bits per heavy atom. The van der Waals surface area contributed by atoms with Crippen molar-refractivity contribution in [3.05, 3.63) is 40.8 Å². The second-order valence-corrected chi connectivity index (χ2v) is 5.05. The number of hydrogen-bond acceptors (Lipinski definition) is 4. The van der Waals surface area contributed by atoms with Crippen molar-refractivity contribution in [3.63, 3.8) is 0 Å². The predicted molar refractivity (Wildman–Crippen MR) is 73.9 cm³/mol. The molecule has 1 aromatic heterocycles. The average molecular weight is 317 g/mol. The van der Waals surface area contributed by atoms with E-state index in [0.29, 0.717) is 17.3 Å². The van der Waals surface area contributed by atoms with E-state index in [1.54, 1.807) is 12.1 Å². The first-order valence-corrected chi connectivity index (χ1v) is 6.93. The standard InChI is InChI=1S/C14H15ClF2N2O2/c1-2-11-10(5-14(20)21-11)19(8-13(16)17)7-9-3-4-12(15)18-6-9/h3-6,11,13H,2,7-8H2,1H3. The highest BCUT2D eigenvalue weighted by Gasteiger charge is 2.30. The smallest absolute Gasteiger partial charge is 0.333 e. The fourth-order valence-electron chi connectivity index (χ4n) is 2.18. The maximum Gasteiger partial charge on any atom is 0.333 e. The maximum atomic E-state index is 12.8. The lowest BCUT2D eigenvalue weighted by atomic mass is 10.1. The van der Waals surface area contributed by atoms with Crippen LogP contribution in [0.4, 0.5) is 8.78 Å². The van der Waals surface area contributed by atoms with Crippen LogP contribution in [-0.4, -0.2) is 34.9 Å². The molecule has 1 aliphatic rings. The van der Waals surface area contributed by atoms with Crippen molar-refractivity contribution in [2.24, 2.45) is 0 Å². The van der Waals surface area contributed by atoms with E-state index in [-0.39, 0.29) is 6.54 Å². The number of nitrogens with zero attached hydrogens (tertiary/aromatic N) is 2. The van der Waals surface area contributed by atoms with Crippen molar-refractivity contribution in [2.45, 2.75) is 32.4 Å². The molecule has 0 aliphatic carbocycles. The number of halogens is 3. The van der Waals surface area contributed by atoms with Gasteiger partial charge in [0.15, 0.2) is 0 Å². The summed E-state index contributed by atoms with van der Waals surface area (Å²) < 4.78 is 30.7. The van der Waals surface area contributed by atoms with Crippen LogP contribution in [0.1, 0.15) is 18.9 Å². The summed E-state index contributed by atoms with van der Waals surface area (Å²) >= 11 is 5.70. The van der Waals surface area contributed by atoms with Crippen LogP contribution >= 0.6 is 11.6 Å². The molecule has 1 aromatic rings. The molecule has 1 unspecified atom stereocenters. The van der Waals surface area contributed by atoms with Gasteiger partial charge in [0.25, 0.3) is 6.43 Å². The van der Waals surface area contributed by atoms with Gasteiger partial charge in [-0.15, -0.1) is 0 Å². The number of aromatic nitrogens is 1. The van der Waals surface area contributed by atoms with Crippen molar-refractivity contribution in [3.8, 4) is 0 Å². The molecule has 2 rings (SSSR count). The van der Waals surface area contributed by atoms with E-state index in [0.717, 1.165) is 5.56 Å². The summed E-state index contributed by atoms with van der Waals surface area (Å²) in [6.45, 7) is 1.58. The lowest BCUT2D eigenvalue weighted by Crippen LogP contribution is -2.32. The molecular formula is C14H15ClF2N2O2. The van der Waals surface area contributed by atoms with Gasteiger partial charge in [-0.25, -0.2) is 18.6 Å². The molecule has 0 fully saturated rings. The van der Waals surface area contributed by atoms with Gasteiger partial charge in [-0.1, -0.05) is 24.6 Å². The number of ether oxygens (including phenoxy) is 1. The Hall–Kier alpha value is -1.69. The number of pyridine rings is 1. The third kappa shape index (κ3) is 4.14. The molecule has 1 atom stereocenters. The molecule has 7 heteroatoms. The Balaban J connectivity index is 2.20. The fourth-order valence-corrected chi connectivity index (χ4v) is 2.30. The molecule has 0 saturated carbocycles. The van der Waals surface area contributed by atoms with Gasteiger partial charge in [-0.3, -0.25) is 0 Å². The first-order valence-electron chi connectivity index (χ1n) is 6.55. The van der Waals surface area contributed by atoms with Gasteiger partial charge in [-0.05, 0) is 18.1 Å². The average Bonchev–Trinajstić information content (AvgIpc) is 2.81. The predicted octanol–water partition coefficient (Wildman–Crippen LogP) is 3.02. The summed E-state index contributed by atoms with van der Waals surface area (Å²) in [5.41, 5.74) is 1.22. The summed E-state index contributed by atoms with van der Waals surface area (Å²) in [7, 11) is 0. The number of carbonyl (C=O) groups excluding carboxylic acids is 1. The zero-order chi connectivity index (χ0) is 15.4. The minimum Gasteiger partial charge on any atom is -0.453 e. The summed E-state index contributed by atoms with van der Waals surface area (Å²) in [6, 6.07) is 3.31. The van der Waals surface area contributed by atoms with E-state index in [1.807, 2.05) is 6.92 Å². The summed E-state index contributed by atoms with van der Waals surface area (Å²) in [6.07, 6.45) is 0.353. The fraction of sp³-hybridized carbons (Fsp3) is 0.429. The van der Waals surface area contributed by atoms with E-state index in [2.05, 4.69) is 4.98 Å². The second-order valence-electron chi connectivity index (χ2n) is 4.66. The second kappa shape index (κ2) is 6.85. The Morgan fingerprint density at radius 1 is 1.48 bits per heavy atom. The molecule has 21 heavy (non-hydrogen) atoms. The largest absolute Gasteiger partial charge is 0.453 e. The lowest BCUT2D eigenvalue weighted by Gasteiger charge is -2.28. The number of hydrogen-bond donors (Lipinski definition) is 0. The normalized spacial score (nSPS) is 17.9. The highest BCUT2D eigenvalue weighted by Crippen LogP contribution is 2.25. The third-order valence-corrected chi connectivity index (χ3v) is 3.33. The van der Waals surface area contributed by atoms with Gasteiger partial charge in [0.2, 0.25) is 0 Å². The summed E-state index contributed by atoms with van der Waals surface area (Å²) in [5.74, 6) is -0.495. The molecule has 1 aliphatic heterocycles. The van der Waals surface area contributed by atoms with Crippen molar-refractivity contribution < 1.29 is 18.3 Å². The zero-order valence-corrected chi connectivity index (χ0v) is 12.2. The van der Waals surface area contributed by atoms with Crippen LogP contribution in [0.2, 0.25) is 5.15 Å². The van der Waals surface area contributed by atoms with Crippen LogP contribution in [0, 0.1) is 0 Å². The van der Waals surface area contributed by atoms with Gasteiger partial charge >= 0.3 is 5.97 Å². The first-order chi connectivity index (χ1) is 9.99. The minimum absolute atomic E-state index is 0.216. The van der Waals surface area contributed by atoms with E-state index in [4.69, 9.17) is 16.3 Å². The quantitative estimate of drug-likeness (QED) is 0.597. The molecule has 0 aromatic carbocycles. The monoisotopic (exact) mass is 316 g/mol. The van der Waals surface area contributed by atoms with Crippen LogP contribution in [0.3, 0.4) is 0 Å². The van der Waals surface area contributed by atoms with E-state index < -0.39 is 25.0 Å². The Bertz CT molecular complexity index is 534. The van der Waals surface area contributed by atoms with Crippen molar-refractivity contribution in [2.75, 3.05) is 6.54 Å². The third-order valence-electron chi connectivity index (χ3n) is 3.11. The number of rotatable bonds is 6. The SMILES string of the molecule is CCC1OC(=O)C=C1N(Cc1ccc(Cl)nc1)CC(F)F. The van der Waals surface area contributed by atoms with E-state index >= 15 is 0 Å². The molecule has 0 radical (unpaired) electrons. The van der Waals surface area contributed by atoms with Crippen molar-refractivity contribution >= 4 is 17.6 Å². The maximum absolute atomic E-state index is 12.8. The Morgan fingerprint density at radius 2 is 2.24 bits per heavy atom. The summed E-state index contributed by atoms with van der Waals surface area (Å²) in [5, 5.41) is 0.337. The topological polar surface area (TPSA) is 42.4 Å². The number of esters is 1. The van der Waals surface area contributed by atoms with Crippen LogP contribution in [0.15, 0.2) is 30.1 Å². The van der Waals surface area contributed by atoms with Gasteiger partial charge in [0.05, 0.1) is 12.2 Å². The van der Waals surface area contributed by atoms with E-state index in [1.165, 1.54) is 17.2 Å². The zero-order valence-electron chi connectivity index (χ0n) is 11.4. The molecule has 0 spiro atoms. The Labute approximate surface area is 126 Å². The molecule has 4 nitrogen and oxygen atoms in total. The highest BCUT2D eigenvalue weighted by molar-refractivity contribution is 6.29. The van der Waals surface area contributed by atoms with Gasteiger partial charge in [-0.2, -0.15) is 0 Å². The number of carbonyl (C=O) groups is 1.